The van der Waals surface area contributed by atoms with E-state index in [-0.39, 0.29) is 17.5 Å². The maximum Gasteiger partial charge on any atom is 0.265 e. The summed E-state index contributed by atoms with van der Waals surface area (Å²) in [5.74, 6) is 1.06. The second-order valence-electron chi connectivity index (χ2n) is 6.39. The number of hydrogen-bond acceptors (Lipinski definition) is 6. The quantitative estimate of drug-likeness (QED) is 0.831. The molecule has 1 aliphatic heterocycles. The van der Waals surface area contributed by atoms with Crippen LogP contribution in [0.3, 0.4) is 0 Å². The number of carbonyl (C=O) groups is 1. The predicted octanol–water partition coefficient (Wildman–Crippen LogP) is 1.02. The van der Waals surface area contributed by atoms with Gasteiger partial charge in [0.15, 0.2) is 0 Å². The molecule has 3 heterocycles. The number of anilines is 2. The summed E-state index contributed by atoms with van der Waals surface area (Å²) in [6, 6.07) is 5.87. The van der Waals surface area contributed by atoms with Gasteiger partial charge in [-0.25, -0.2) is 9.97 Å². The molecule has 1 atom stereocenters. The van der Waals surface area contributed by atoms with Crippen molar-refractivity contribution in [1.82, 2.24) is 20.3 Å². The Morgan fingerprint density at radius 2 is 1.96 bits per heavy atom. The van der Waals surface area contributed by atoms with Gasteiger partial charge in [-0.05, 0) is 25.5 Å². The van der Waals surface area contributed by atoms with E-state index in [4.69, 9.17) is 0 Å². The molecule has 2 aromatic rings. The standard InChI is InChI=1S/C18H24N6O2/c1-3-13(2)21-16(25)14-12-20-18(22-17(14)26)24-10-8-23(9-11-24)15-6-4-5-7-19-15/h4-7,12-13H,3,8-11H2,1-2H3,(H,21,25)(H,20,22,26). The van der Waals surface area contributed by atoms with Crippen LogP contribution in [0.5, 0.6) is 0 Å². The highest BCUT2D eigenvalue weighted by Gasteiger charge is 2.21. The van der Waals surface area contributed by atoms with E-state index in [9.17, 15) is 9.59 Å². The normalized spacial score (nSPS) is 15.6. The molecule has 1 unspecified atom stereocenters. The largest absolute Gasteiger partial charge is 0.353 e. The molecule has 1 fully saturated rings. The van der Waals surface area contributed by atoms with Gasteiger partial charge >= 0.3 is 0 Å². The zero-order valence-electron chi connectivity index (χ0n) is 15.1. The van der Waals surface area contributed by atoms with Gasteiger partial charge in [-0.3, -0.25) is 14.6 Å². The molecule has 138 valence electrons. The predicted molar refractivity (Wildman–Crippen MR) is 101 cm³/mol. The summed E-state index contributed by atoms with van der Waals surface area (Å²) < 4.78 is 0. The van der Waals surface area contributed by atoms with Gasteiger partial charge in [0.1, 0.15) is 11.4 Å². The third-order valence-electron chi connectivity index (χ3n) is 4.57. The summed E-state index contributed by atoms with van der Waals surface area (Å²) in [7, 11) is 0. The lowest BCUT2D eigenvalue weighted by molar-refractivity contribution is 0.0937. The fourth-order valence-electron chi connectivity index (χ4n) is 2.80. The number of aromatic nitrogens is 3. The first kappa shape index (κ1) is 17.9. The molecule has 0 aromatic carbocycles. The van der Waals surface area contributed by atoms with E-state index in [1.54, 1.807) is 6.20 Å². The van der Waals surface area contributed by atoms with Crippen LogP contribution < -0.4 is 20.7 Å². The first-order valence-electron chi connectivity index (χ1n) is 8.89. The lowest BCUT2D eigenvalue weighted by Crippen LogP contribution is -2.48. The molecule has 8 heteroatoms. The second kappa shape index (κ2) is 7.99. The first-order valence-corrected chi connectivity index (χ1v) is 8.89. The monoisotopic (exact) mass is 356 g/mol. The highest BCUT2D eigenvalue weighted by Crippen LogP contribution is 2.15. The van der Waals surface area contributed by atoms with Gasteiger partial charge in [-0.1, -0.05) is 13.0 Å². The Hall–Kier alpha value is -2.90. The topological polar surface area (TPSA) is 94.2 Å². The van der Waals surface area contributed by atoms with Crippen molar-refractivity contribution in [2.45, 2.75) is 26.3 Å². The number of carbonyl (C=O) groups excluding carboxylic acids is 1. The van der Waals surface area contributed by atoms with Crippen LogP contribution in [0, 0.1) is 0 Å². The highest BCUT2D eigenvalue weighted by molar-refractivity contribution is 5.93. The van der Waals surface area contributed by atoms with Gasteiger partial charge in [-0.2, -0.15) is 0 Å². The SMILES string of the molecule is CCC(C)NC(=O)c1cnc(N2CCN(c3ccccn3)CC2)[nH]c1=O. The second-order valence-corrected chi connectivity index (χ2v) is 6.39. The molecule has 0 saturated carbocycles. The van der Waals surface area contributed by atoms with Gasteiger partial charge in [0.2, 0.25) is 5.95 Å². The van der Waals surface area contributed by atoms with E-state index in [1.807, 2.05) is 36.9 Å². The molecule has 2 N–H and O–H groups in total. The summed E-state index contributed by atoms with van der Waals surface area (Å²) in [5.41, 5.74) is -0.371. The third-order valence-corrected chi connectivity index (χ3v) is 4.57. The summed E-state index contributed by atoms with van der Waals surface area (Å²) in [4.78, 5) is 40.0. The van der Waals surface area contributed by atoms with Gasteiger partial charge in [0.05, 0.1) is 0 Å². The zero-order valence-corrected chi connectivity index (χ0v) is 15.1. The summed E-state index contributed by atoms with van der Waals surface area (Å²) in [6.07, 6.45) is 3.94. The van der Waals surface area contributed by atoms with Crippen molar-refractivity contribution in [2.24, 2.45) is 0 Å². The summed E-state index contributed by atoms with van der Waals surface area (Å²) in [5, 5.41) is 2.78. The van der Waals surface area contributed by atoms with E-state index >= 15 is 0 Å². The molecular formula is C18H24N6O2. The van der Waals surface area contributed by atoms with Crippen molar-refractivity contribution in [3.63, 3.8) is 0 Å². The molecule has 0 bridgehead atoms. The van der Waals surface area contributed by atoms with Crippen LogP contribution in [0.1, 0.15) is 30.6 Å². The smallest absolute Gasteiger partial charge is 0.265 e. The van der Waals surface area contributed by atoms with E-state index in [2.05, 4.69) is 25.2 Å². The average Bonchev–Trinajstić information content (AvgIpc) is 2.68. The van der Waals surface area contributed by atoms with Crippen LogP contribution in [-0.4, -0.2) is 53.1 Å². The molecule has 1 amide bonds. The zero-order chi connectivity index (χ0) is 18.5. The number of hydrogen-bond donors (Lipinski definition) is 2. The van der Waals surface area contributed by atoms with E-state index in [0.717, 1.165) is 38.4 Å². The van der Waals surface area contributed by atoms with Crippen molar-refractivity contribution < 1.29 is 4.79 Å². The van der Waals surface area contributed by atoms with Crippen LogP contribution in [0.25, 0.3) is 0 Å². The first-order chi connectivity index (χ1) is 12.6. The minimum atomic E-state index is -0.414. The van der Waals surface area contributed by atoms with Crippen LogP contribution in [0.4, 0.5) is 11.8 Å². The summed E-state index contributed by atoms with van der Waals surface area (Å²) in [6.45, 7) is 6.89. The fraction of sp³-hybridized carbons (Fsp3) is 0.444. The summed E-state index contributed by atoms with van der Waals surface area (Å²) >= 11 is 0. The Balaban J connectivity index is 1.65. The van der Waals surface area contributed by atoms with Crippen LogP contribution in [0.15, 0.2) is 35.4 Å². The number of pyridine rings is 1. The molecule has 0 radical (unpaired) electrons. The molecule has 0 aliphatic carbocycles. The van der Waals surface area contributed by atoms with Gasteiger partial charge < -0.3 is 15.1 Å². The van der Waals surface area contributed by atoms with Crippen LogP contribution >= 0.6 is 0 Å². The Kier molecular flexibility index (Phi) is 5.50. The van der Waals surface area contributed by atoms with Gasteiger partial charge in [0.25, 0.3) is 11.5 Å². The highest BCUT2D eigenvalue weighted by atomic mass is 16.2. The van der Waals surface area contributed by atoms with Crippen molar-refractivity contribution in [3.05, 3.63) is 46.5 Å². The average molecular weight is 356 g/mol. The number of nitrogens with zero attached hydrogens (tertiary/aromatic N) is 4. The fourth-order valence-corrected chi connectivity index (χ4v) is 2.80. The maximum absolute atomic E-state index is 12.3. The van der Waals surface area contributed by atoms with Crippen molar-refractivity contribution >= 4 is 17.7 Å². The van der Waals surface area contributed by atoms with Crippen LogP contribution in [0.2, 0.25) is 0 Å². The molecule has 1 saturated heterocycles. The number of nitrogens with one attached hydrogen (secondary N) is 2. The van der Waals surface area contributed by atoms with Gasteiger partial charge in [-0.15, -0.1) is 0 Å². The minimum absolute atomic E-state index is 0.0150. The van der Waals surface area contributed by atoms with Gasteiger partial charge in [0, 0.05) is 44.6 Å². The Morgan fingerprint density at radius 1 is 1.23 bits per heavy atom. The number of H-pyrrole nitrogens is 1. The Labute approximate surface area is 152 Å². The molecule has 3 rings (SSSR count). The van der Waals surface area contributed by atoms with E-state index in [1.165, 1.54) is 6.20 Å². The third kappa shape index (κ3) is 4.01. The maximum atomic E-state index is 12.3. The van der Waals surface area contributed by atoms with Crippen molar-refractivity contribution in [1.29, 1.82) is 0 Å². The van der Waals surface area contributed by atoms with E-state index < -0.39 is 5.56 Å². The molecule has 1 aliphatic rings. The number of rotatable bonds is 5. The Morgan fingerprint density at radius 3 is 2.58 bits per heavy atom. The molecule has 8 nitrogen and oxygen atoms in total. The Bertz CT molecular complexity index is 799. The number of amides is 1. The van der Waals surface area contributed by atoms with Crippen LogP contribution in [-0.2, 0) is 0 Å². The van der Waals surface area contributed by atoms with E-state index in [0.29, 0.717) is 5.95 Å². The molecular weight excluding hydrogens is 332 g/mol. The molecule has 2 aromatic heterocycles. The number of piperazine rings is 1. The molecule has 0 spiro atoms. The lowest BCUT2D eigenvalue weighted by atomic mass is 10.2. The number of aromatic amines is 1. The van der Waals surface area contributed by atoms with Crippen molar-refractivity contribution in [2.75, 3.05) is 36.0 Å². The molecule has 26 heavy (non-hydrogen) atoms. The van der Waals surface area contributed by atoms with Crippen molar-refractivity contribution in [3.8, 4) is 0 Å². The lowest BCUT2D eigenvalue weighted by Gasteiger charge is -2.35. The minimum Gasteiger partial charge on any atom is -0.353 e.